The number of halogens is 2. The van der Waals surface area contributed by atoms with Crippen molar-refractivity contribution in [1.82, 2.24) is 10.6 Å². The van der Waals surface area contributed by atoms with Gasteiger partial charge in [0.2, 0.25) is 0 Å². The van der Waals surface area contributed by atoms with Gasteiger partial charge in [0, 0.05) is 12.5 Å². The largest absolute Gasteiger partial charge is 0.479 e. The molecular weight excluding hydrogens is 438 g/mol. The molecule has 1 aliphatic carbocycles. The van der Waals surface area contributed by atoms with E-state index in [0.717, 1.165) is 22.3 Å². The van der Waals surface area contributed by atoms with Crippen molar-refractivity contribution < 1.29 is 37.7 Å². The van der Waals surface area contributed by atoms with Crippen molar-refractivity contribution in [3.05, 3.63) is 59.7 Å². The zero-order valence-corrected chi connectivity index (χ0v) is 17.4. The SMILES string of the molecule is O=C(NCC(F)(F)C(=O)N[C@H]1CCO[C@H]1C(=O)O)OCC1c2ccccc2-c2ccccc21. The molecule has 2 aliphatic rings. The Bertz CT molecular complexity index is 1030. The molecule has 1 saturated heterocycles. The van der Waals surface area contributed by atoms with E-state index >= 15 is 0 Å². The number of alkyl halides is 2. The molecule has 0 unspecified atom stereocenters. The molecule has 174 valence electrons. The first-order valence-electron chi connectivity index (χ1n) is 10.4. The summed E-state index contributed by atoms with van der Waals surface area (Å²) in [7, 11) is 0. The predicted molar refractivity (Wildman–Crippen MR) is 112 cm³/mol. The zero-order chi connectivity index (χ0) is 23.6. The highest BCUT2D eigenvalue weighted by atomic mass is 19.3. The van der Waals surface area contributed by atoms with Gasteiger partial charge in [0.05, 0.1) is 12.6 Å². The van der Waals surface area contributed by atoms with E-state index in [-0.39, 0.29) is 25.6 Å². The molecule has 4 rings (SSSR count). The monoisotopic (exact) mass is 460 g/mol. The molecule has 1 fully saturated rings. The molecule has 8 nitrogen and oxygen atoms in total. The Morgan fingerprint density at radius 3 is 2.27 bits per heavy atom. The third-order valence-electron chi connectivity index (χ3n) is 5.78. The molecule has 0 bridgehead atoms. The van der Waals surface area contributed by atoms with Crippen LogP contribution >= 0.6 is 0 Å². The molecule has 1 aliphatic heterocycles. The third kappa shape index (κ3) is 4.65. The molecule has 1 heterocycles. The number of carboxylic acids is 1. The molecule has 0 saturated carbocycles. The van der Waals surface area contributed by atoms with E-state index in [1.54, 1.807) is 0 Å². The Kier molecular flexibility index (Phi) is 6.28. The number of rotatable bonds is 7. The maximum absolute atomic E-state index is 14.2. The van der Waals surface area contributed by atoms with Gasteiger partial charge in [0.1, 0.15) is 6.61 Å². The first-order chi connectivity index (χ1) is 15.8. The Labute approximate surface area is 187 Å². The van der Waals surface area contributed by atoms with Crippen molar-refractivity contribution in [2.24, 2.45) is 0 Å². The highest BCUT2D eigenvalue weighted by Crippen LogP contribution is 2.44. The lowest BCUT2D eigenvalue weighted by Gasteiger charge is -2.21. The van der Waals surface area contributed by atoms with Crippen LogP contribution in [0.2, 0.25) is 0 Å². The minimum absolute atomic E-state index is 0.0332. The number of aliphatic carboxylic acids is 1. The van der Waals surface area contributed by atoms with E-state index in [1.807, 2.05) is 59.2 Å². The van der Waals surface area contributed by atoms with Crippen LogP contribution < -0.4 is 10.6 Å². The molecule has 0 aromatic heterocycles. The van der Waals surface area contributed by atoms with Crippen LogP contribution in [0.15, 0.2) is 48.5 Å². The summed E-state index contributed by atoms with van der Waals surface area (Å²) >= 11 is 0. The quantitative estimate of drug-likeness (QED) is 0.585. The van der Waals surface area contributed by atoms with E-state index in [0.29, 0.717) is 0 Å². The Balaban J connectivity index is 1.31. The lowest BCUT2D eigenvalue weighted by Crippen LogP contribution is -2.53. The second-order valence-electron chi connectivity index (χ2n) is 7.88. The number of nitrogens with one attached hydrogen (secondary N) is 2. The molecule has 10 heteroatoms. The van der Waals surface area contributed by atoms with E-state index in [4.69, 9.17) is 14.6 Å². The Hall–Kier alpha value is -3.53. The average molecular weight is 460 g/mol. The predicted octanol–water partition coefficient (Wildman–Crippen LogP) is 2.52. The topological polar surface area (TPSA) is 114 Å². The molecular formula is C23H22F2N2O6. The summed E-state index contributed by atoms with van der Waals surface area (Å²) in [5.41, 5.74) is 4.01. The first-order valence-corrected chi connectivity index (χ1v) is 10.4. The summed E-state index contributed by atoms with van der Waals surface area (Å²) in [4.78, 5) is 35.1. The number of carboxylic acid groups (broad SMARTS) is 1. The third-order valence-corrected chi connectivity index (χ3v) is 5.78. The van der Waals surface area contributed by atoms with E-state index < -0.39 is 42.6 Å². The summed E-state index contributed by atoms with van der Waals surface area (Å²) in [6.07, 6.45) is -2.38. The number of hydrogen-bond acceptors (Lipinski definition) is 5. The summed E-state index contributed by atoms with van der Waals surface area (Å²) in [5, 5.41) is 12.9. The van der Waals surface area contributed by atoms with Crippen LogP contribution in [0.5, 0.6) is 0 Å². The zero-order valence-electron chi connectivity index (χ0n) is 17.4. The second kappa shape index (κ2) is 9.14. The van der Waals surface area contributed by atoms with Crippen molar-refractivity contribution in [3.8, 4) is 11.1 Å². The van der Waals surface area contributed by atoms with Crippen LogP contribution in [0.4, 0.5) is 13.6 Å². The maximum Gasteiger partial charge on any atom is 0.407 e. The van der Waals surface area contributed by atoms with Crippen LogP contribution in [0, 0.1) is 0 Å². The van der Waals surface area contributed by atoms with Gasteiger partial charge in [-0.3, -0.25) is 4.79 Å². The van der Waals surface area contributed by atoms with Crippen LogP contribution in [0.25, 0.3) is 11.1 Å². The van der Waals surface area contributed by atoms with Gasteiger partial charge >= 0.3 is 18.0 Å². The second-order valence-corrected chi connectivity index (χ2v) is 7.88. The molecule has 0 spiro atoms. The smallest absolute Gasteiger partial charge is 0.407 e. The molecule has 0 radical (unpaired) electrons. The minimum Gasteiger partial charge on any atom is -0.479 e. The number of amides is 2. The number of benzene rings is 2. The molecule has 2 aromatic rings. The highest BCUT2D eigenvalue weighted by molar-refractivity contribution is 5.85. The van der Waals surface area contributed by atoms with Crippen molar-refractivity contribution in [2.75, 3.05) is 19.8 Å². The van der Waals surface area contributed by atoms with Crippen molar-refractivity contribution in [1.29, 1.82) is 0 Å². The fourth-order valence-electron chi connectivity index (χ4n) is 4.17. The van der Waals surface area contributed by atoms with Crippen LogP contribution in [-0.4, -0.2) is 60.9 Å². The van der Waals surface area contributed by atoms with Crippen LogP contribution in [-0.2, 0) is 19.1 Å². The van der Waals surface area contributed by atoms with Crippen molar-refractivity contribution in [2.45, 2.75) is 30.4 Å². The van der Waals surface area contributed by atoms with Gasteiger partial charge in [0.25, 0.3) is 5.91 Å². The van der Waals surface area contributed by atoms with Crippen LogP contribution in [0.1, 0.15) is 23.5 Å². The van der Waals surface area contributed by atoms with Gasteiger partial charge in [-0.05, 0) is 28.7 Å². The van der Waals surface area contributed by atoms with Crippen LogP contribution in [0.3, 0.4) is 0 Å². The standard InChI is InChI=1S/C23H22F2N2O6/c24-23(25,21(30)27-18-9-10-32-19(18)20(28)29)12-26-22(31)33-11-17-15-7-3-1-5-13(15)14-6-2-4-8-16(14)17/h1-8,17-19H,9-12H2,(H,26,31)(H,27,30)(H,28,29)/t18-,19+/m0/s1. The van der Waals surface area contributed by atoms with Gasteiger partial charge < -0.3 is 25.2 Å². The molecule has 3 N–H and O–H groups in total. The Morgan fingerprint density at radius 1 is 1.06 bits per heavy atom. The van der Waals surface area contributed by atoms with Crippen molar-refractivity contribution >= 4 is 18.0 Å². The summed E-state index contributed by atoms with van der Waals surface area (Å²) in [5.74, 6) is -7.24. The number of carbonyl (C=O) groups excluding carboxylic acids is 2. The first kappa shape index (κ1) is 22.7. The molecule has 33 heavy (non-hydrogen) atoms. The number of fused-ring (bicyclic) bond motifs is 3. The fraction of sp³-hybridized carbons (Fsp3) is 0.348. The maximum atomic E-state index is 14.2. The van der Waals surface area contributed by atoms with E-state index in [2.05, 4.69) is 0 Å². The average Bonchev–Trinajstić information content (AvgIpc) is 3.39. The number of ether oxygens (including phenoxy) is 2. The van der Waals surface area contributed by atoms with E-state index in [1.165, 1.54) is 0 Å². The van der Waals surface area contributed by atoms with Gasteiger partial charge in [-0.15, -0.1) is 0 Å². The lowest BCUT2D eigenvalue weighted by molar-refractivity contribution is -0.151. The van der Waals surface area contributed by atoms with Gasteiger partial charge in [-0.1, -0.05) is 48.5 Å². The number of hydrogen-bond donors (Lipinski definition) is 3. The summed E-state index contributed by atoms with van der Waals surface area (Å²) < 4.78 is 38.6. The number of carbonyl (C=O) groups is 3. The Morgan fingerprint density at radius 2 is 1.67 bits per heavy atom. The fourth-order valence-corrected chi connectivity index (χ4v) is 4.17. The van der Waals surface area contributed by atoms with E-state index in [9.17, 15) is 23.2 Å². The number of alkyl carbamates (subject to hydrolysis) is 1. The van der Waals surface area contributed by atoms with Gasteiger partial charge in [0.15, 0.2) is 6.10 Å². The van der Waals surface area contributed by atoms with Gasteiger partial charge in [-0.25, -0.2) is 9.59 Å². The van der Waals surface area contributed by atoms with Gasteiger partial charge in [-0.2, -0.15) is 8.78 Å². The summed E-state index contributed by atoms with van der Waals surface area (Å²) in [6, 6.07) is 14.3. The lowest BCUT2D eigenvalue weighted by atomic mass is 9.98. The summed E-state index contributed by atoms with van der Waals surface area (Å²) in [6.45, 7) is -1.32. The normalized spacial score (nSPS) is 19.5. The molecule has 2 amide bonds. The minimum atomic E-state index is -3.96. The molecule has 2 atom stereocenters. The molecule has 2 aromatic carbocycles. The highest BCUT2D eigenvalue weighted by Gasteiger charge is 2.44. The van der Waals surface area contributed by atoms with Crippen molar-refractivity contribution in [3.63, 3.8) is 0 Å².